The van der Waals surface area contributed by atoms with Gasteiger partial charge in [-0.15, -0.1) is 49.0 Å². The van der Waals surface area contributed by atoms with Crippen LogP contribution in [0.3, 0.4) is 0 Å². The van der Waals surface area contributed by atoms with Crippen LogP contribution in [0.25, 0.3) is 11.1 Å². The number of hydrogen-bond donors (Lipinski definition) is 0. The maximum absolute atomic E-state index is 3.30. The fourth-order valence-corrected chi connectivity index (χ4v) is 6.49. The molecule has 7 rings (SSSR count). The first kappa shape index (κ1) is 48.6. The Morgan fingerprint density at radius 3 is 1.86 bits per heavy atom. The topological polar surface area (TPSA) is 0 Å². The summed E-state index contributed by atoms with van der Waals surface area (Å²) in [7, 11) is 0. The number of halogens is 2. The van der Waals surface area contributed by atoms with Gasteiger partial charge in [-0.1, -0.05) is 41.8 Å². The minimum absolute atomic E-state index is 0. The van der Waals surface area contributed by atoms with Gasteiger partial charge >= 0.3 is 134 Å². The third-order valence-electron chi connectivity index (χ3n) is 8.36. The number of unbranched alkanes of at least 4 members (excludes halogenated alkanes) is 2. The summed E-state index contributed by atoms with van der Waals surface area (Å²) in [6, 6.07) is 38.1. The summed E-state index contributed by atoms with van der Waals surface area (Å²) in [5, 5.41) is 0. The Morgan fingerprint density at radius 2 is 1.36 bits per heavy atom. The molecule has 0 nitrogen and oxygen atoms in total. The fraction of sp³-hybridized carbons (Fsp3) is 0.370. The number of allylic oxidation sites excluding steroid dienone is 4. The quantitative estimate of drug-likeness (QED) is 0.143. The van der Waals surface area contributed by atoms with Crippen molar-refractivity contribution < 1.29 is 48.5 Å². The normalized spacial score (nSPS) is 13.6. The third kappa shape index (κ3) is 21.2. The van der Waals surface area contributed by atoms with E-state index in [4.69, 9.17) is 0 Å². The minimum atomic E-state index is 0. The van der Waals surface area contributed by atoms with Gasteiger partial charge in [0.1, 0.15) is 0 Å². The third-order valence-corrected chi connectivity index (χ3v) is 9.37. The van der Waals surface area contributed by atoms with Crippen LogP contribution < -0.4 is 0 Å². The molecule has 3 aliphatic carbocycles. The Hall–Kier alpha value is -1.42. The van der Waals surface area contributed by atoms with Crippen molar-refractivity contribution in [1.29, 1.82) is 0 Å². The molecule has 0 saturated heterocycles. The van der Waals surface area contributed by atoms with Gasteiger partial charge in [0.2, 0.25) is 0 Å². The number of hydrogen-bond acceptors (Lipinski definition) is 0. The molecule has 266 valence electrons. The van der Waals surface area contributed by atoms with Crippen LogP contribution in [0.5, 0.6) is 0 Å². The molecule has 4 aromatic carbocycles. The van der Waals surface area contributed by atoms with E-state index in [0.29, 0.717) is 0 Å². The second-order valence-electron chi connectivity index (χ2n) is 12.8. The van der Waals surface area contributed by atoms with E-state index in [0.717, 1.165) is 18.3 Å². The molecule has 50 heavy (non-hydrogen) atoms. The molecule has 0 aliphatic heterocycles. The van der Waals surface area contributed by atoms with Crippen LogP contribution in [0.1, 0.15) is 104 Å². The maximum Gasteiger partial charge on any atom is -0.0253 e. The van der Waals surface area contributed by atoms with Crippen molar-refractivity contribution in [1.82, 2.24) is 0 Å². The molecule has 4 heteroatoms. The van der Waals surface area contributed by atoms with E-state index >= 15 is 0 Å². The van der Waals surface area contributed by atoms with Crippen LogP contribution in [0.15, 0.2) is 127 Å². The van der Waals surface area contributed by atoms with Gasteiger partial charge in [-0.3, -0.25) is 0 Å². The molecule has 0 aromatic heterocycles. The van der Waals surface area contributed by atoms with Gasteiger partial charge in [-0.25, -0.2) is 42.3 Å². The van der Waals surface area contributed by atoms with Crippen molar-refractivity contribution in [3.63, 3.8) is 0 Å². The van der Waals surface area contributed by atoms with E-state index in [9.17, 15) is 0 Å². The van der Waals surface area contributed by atoms with Gasteiger partial charge in [-0.2, -0.15) is 66.2 Å². The van der Waals surface area contributed by atoms with E-state index in [1.807, 2.05) is 66.7 Å². The monoisotopic (exact) mass is 862 g/mol. The average molecular weight is 866 g/mol. The van der Waals surface area contributed by atoms with Crippen molar-refractivity contribution in [2.24, 2.45) is 11.8 Å². The van der Waals surface area contributed by atoms with Gasteiger partial charge in [0.25, 0.3) is 0 Å². The van der Waals surface area contributed by atoms with E-state index < -0.39 is 0 Å². The van der Waals surface area contributed by atoms with Crippen LogP contribution >= 0.6 is 24.8 Å². The van der Waals surface area contributed by atoms with E-state index in [1.54, 1.807) is 57.2 Å². The van der Waals surface area contributed by atoms with Gasteiger partial charge in [0.05, 0.1) is 0 Å². The largest absolute Gasteiger partial charge is 0.214 e. The Bertz CT molecular complexity index is 1330. The van der Waals surface area contributed by atoms with Crippen LogP contribution in [-0.2, 0) is 54.9 Å². The second kappa shape index (κ2) is 31.1. The van der Waals surface area contributed by atoms with E-state index in [-0.39, 0.29) is 24.8 Å². The number of fused-ring (bicyclic) bond motifs is 4. The first-order valence-corrected chi connectivity index (χ1v) is 20.5. The summed E-state index contributed by atoms with van der Waals surface area (Å²) < 4.78 is 3.23. The molecular formula is C46H60Cl2Zr2. The molecule has 1 atom stereocenters. The summed E-state index contributed by atoms with van der Waals surface area (Å²) >= 11 is 3.20. The molecule has 0 bridgehead atoms. The van der Waals surface area contributed by atoms with Crippen molar-refractivity contribution in [2.45, 2.75) is 98.8 Å². The van der Waals surface area contributed by atoms with Crippen molar-refractivity contribution in [3.05, 3.63) is 151 Å². The molecule has 1 saturated carbocycles. The first-order chi connectivity index (χ1) is 23.4. The van der Waals surface area contributed by atoms with Crippen LogP contribution in [-0.4, -0.2) is 6.41 Å². The summed E-state index contributed by atoms with van der Waals surface area (Å²) in [4.78, 5) is 0. The molecule has 3 aliphatic rings. The van der Waals surface area contributed by atoms with Gasteiger partial charge in [0, 0.05) is 0 Å². The Labute approximate surface area is 348 Å². The van der Waals surface area contributed by atoms with Crippen molar-refractivity contribution in [3.8, 4) is 11.1 Å². The van der Waals surface area contributed by atoms with Crippen molar-refractivity contribution in [2.75, 3.05) is 0 Å². The summed E-state index contributed by atoms with van der Waals surface area (Å²) in [6.07, 6.45) is 22.5. The summed E-state index contributed by atoms with van der Waals surface area (Å²) in [5.41, 5.74) is 7.09. The Kier molecular flexibility index (Phi) is 30.2. The summed E-state index contributed by atoms with van der Waals surface area (Å²) in [5.74, 6) is 1.83. The zero-order valence-corrected chi connectivity index (χ0v) is 37.7. The van der Waals surface area contributed by atoms with Gasteiger partial charge < -0.3 is 0 Å². The molecule has 0 N–H and O–H groups in total. The molecule has 0 spiro atoms. The Morgan fingerprint density at radius 1 is 0.800 bits per heavy atom. The molecule has 1 fully saturated rings. The summed E-state index contributed by atoms with van der Waals surface area (Å²) in [6.45, 7) is 11.1. The molecule has 0 heterocycles. The van der Waals surface area contributed by atoms with E-state index in [1.165, 1.54) is 83.2 Å². The molecule has 1 unspecified atom stereocenters. The molecule has 0 radical (unpaired) electrons. The molecule has 0 amide bonds. The number of rotatable bonds is 7. The van der Waals surface area contributed by atoms with Crippen LogP contribution in [0.2, 0.25) is 0 Å². The SMILES string of the molecule is C1=CCC2CC[CH-]C2=C1.CCCCC(CCCC)[C](C)=[Zr+2].C[C](C)=[Zr+2].Cl.Cl.[c-]1cccc2c1Cc1ccccc1-2.c1cc[cH-]c1.c1cc[cH-]c1. The predicted molar refractivity (Wildman–Crippen MR) is 221 cm³/mol. The molecule has 4 aromatic rings. The maximum atomic E-state index is 3.30. The van der Waals surface area contributed by atoms with E-state index in [2.05, 4.69) is 102 Å². The van der Waals surface area contributed by atoms with Gasteiger partial charge in [-0.05, 0) is 18.8 Å². The smallest absolute Gasteiger partial charge is 0.0253 e. The van der Waals surface area contributed by atoms with Crippen LogP contribution in [0, 0.1) is 24.3 Å². The second-order valence-corrected chi connectivity index (χ2v) is 17.2. The van der Waals surface area contributed by atoms with Crippen molar-refractivity contribution >= 4 is 31.2 Å². The Balaban J connectivity index is 0.000000601. The fourth-order valence-electron chi connectivity index (χ4n) is 5.78. The van der Waals surface area contributed by atoms with Gasteiger partial charge in [0.15, 0.2) is 0 Å². The van der Waals surface area contributed by atoms with Crippen LogP contribution in [0.4, 0.5) is 0 Å². The standard InChI is InChI=1S/C13H9.C11H22.C9H11.2C5H5.C3H6.2ClH.2Zr/c1-3-7-12-10(5-1)9-11-6-2-4-8-13(11)12;1-4-7-9-11(6-3)10-8-5-2;1-2-5-9-7-3-6-8(9)4-1;2*1-2-4-5-3-1;1-3-2;;;;/h1-5,7-8H,9H2;11H,4-5,7-10H2,1-3H3;1-2,4,6,9H,3,5,7H2;2*1-5H;1-2H3;2*1H;;/q-1;;3*-1;;;;2*+2. The average Bonchev–Trinajstić information content (AvgIpc) is 3.94. The predicted octanol–water partition coefficient (Wildman–Crippen LogP) is 13.7. The zero-order valence-electron chi connectivity index (χ0n) is 31.2. The molecular weight excluding hydrogens is 806 g/mol. The first-order valence-electron chi connectivity index (χ1n) is 18.0. The zero-order chi connectivity index (χ0) is 34.8. The number of benzene rings is 2. The minimum Gasteiger partial charge on any atom is -0.214 e.